The Kier molecular flexibility index (Phi) is 8.04. The summed E-state index contributed by atoms with van der Waals surface area (Å²) in [5.41, 5.74) is 5.22. The first kappa shape index (κ1) is 13.1. The van der Waals surface area contributed by atoms with Gasteiger partial charge in [0.15, 0.2) is 0 Å². The van der Waals surface area contributed by atoms with E-state index in [1.165, 1.54) is 0 Å². The topological polar surface area (TPSA) is 63.3 Å². The van der Waals surface area contributed by atoms with Crippen LogP contribution in [0.3, 0.4) is 0 Å². The van der Waals surface area contributed by atoms with Gasteiger partial charge in [-0.15, -0.1) is 0 Å². The Labute approximate surface area is 84.8 Å². The van der Waals surface area contributed by atoms with Gasteiger partial charge in [0.25, 0.3) is 0 Å². The number of rotatable bonds is 3. The van der Waals surface area contributed by atoms with Crippen molar-refractivity contribution in [3.8, 4) is 0 Å². The molecule has 3 nitrogen and oxygen atoms in total. The summed E-state index contributed by atoms with van der Waals surface area (Å²) < 4.78 is 0. The summed E-state index contributed by atoms with van der Waals surface area (Å²) in [5, 5.41) is 8.31. The number of carboxylic acid groups (broad SMARTS) is 1. The van der Waals surface area contributed by atoms with Gasteiger partial charge in [-0.05, 0) is 12.3 Å². The molecule has 0 rings (SSSR count). The van der Waals surface area contributed by atoms with Crippen molar-refractivity contribution in [3.05, 3.63) is 0 Å². The molecule has 0 aromatic heterocycles. The minimum Gasteiger partial charge on any atom is -1.00 e. The summed E-state index contributed by atoms with van der Waals surface area (Å²) >= 11 is 0. The minimum absolute atomic E-state index is 0. The number of hydrogen-bond donors (Lipinski definition) is 2. The molecule has 0 fully saturated rings. The summed E-state index contributed by atoms with van der Waals surface area (Å²) in [6.45, 7) is 3.89. The van der Waals surface area contributed by atoms with Crippen LogP contribution in [0.25, 0.3) is 0 Å². The number of hydrogen-bond acceptors (Lipinski definition) is 2. The average Bonchev–Trinajstić information content (AvgIpc) is 1.63. The molecule has 0 radical (unpaired) electrons. The third-order valence-electron chi connectivity index (χ3n) is 1.04. The Morgan fingerprint density at radius 3 is 2.20 bits per heavy atom. The van der Waals surface area contributed by atoms with Crippen LogP contribution in [0.5, 0.6) is 0 Å². The van der Waals surface area contributed by atoms with E-state index in [-0.39, 0.29) is 31.0 Å². The maximum atomic E-state index is 10.1. The second-order valence-electron chi connectivity index (χ2n) is 2.57. The van der Waals surface area contributed by atoms with E-state index in [4.69, 9.17) is 10.8 Å². The van der Waals surface area contributed by atoms with Crippen molar-refractivity contribution in [3.63, 3.8) is 0 Å². The van der Waals surface area contributed by atoms with Crippen LogP contribution in [0.4, 0.5) is 0 Å². The first-order valence-electron chi connectivity index (χ1n) is 3.02. The Morgan fingerprint density at radius 2 is 2.10 bits per heavy atom. The van der Waals surface area contributed by atoms with Gasteiger partial charge in [0.1, 0.15) is 6.04 Å². The molecule has 1 atom stereocenters. The van der Waals surface area contributed by atoms with Crippen molar-refractivity contribution in [1.82, 2.24) is 0 Å². The van der Waals surface area contributed by atoms with Crippen LogP contribution in [0.2, 0.25) is 0 Å². The Hall–Kier alpha value is 0.430. The van der Waals surface area contributed by atoms with Crippen molar-refractivity contribution in [2.24, 2.45) is 11.7 Å². The number of aliphatic carboxylic acids is 1. The zero-order chi connectivity index (χ0) is 7.44. The summed E-state index contributed by atoms with van der Waals surface area (Å²) in [4.78, 5) is 10.1. The summed E-state index contributed by atoms with van der Waals surface area (Å²) in [5.74, 6) is -0.556. The molecule has 0 aromatic carbocycles. The van der Waals surface area contributed by atoms with E-state index in [2.05, 4.69) is 0 Å². The maximum Gasteiger partial charge on any atom is 1.00 e. The quantitative estimate of drug-likeness (QED) is 0.445. The molecule has 0 aliphatic rings. The monoisotopic (exact) mass is 155 g/mol. The average molecular weight is 155 g/mol. The SMILES string of the molecule is CC(C)C[C@H](N)C(=O)O.[H-].[Na+]. The van der Waals surface area contributed by atoms with Gasteiger partial charge in [-0.1, -0.05) is 13.8 Å². The predicted molar refractivity (Wildman–Crippen MR) is 36.2 cm³/mol. The van der Waals surface area contributed by atoms with Gasteiger partial charge in [0.2, 0.25) is 0 Å². The van der Waals surface area contributed by atoms with Crippen LogP contribution in [-0.2, 0) is 4.79 Å². The Balaban J connectivity index is -0.000000320. The van der Waals surface area contributed by atoms with Gasteiger partial charge in [0.05, 0.1) is 0 Å². The third kappa shape index (κ3) is 6.55. The molecule has 0 spiro atoms. The largest absolute Gasteiger partial charge is 1.00 e. The summed E-state index contributed by atoms with van der Waals surface area (Å²) in [6.07, 6.45) is 0.551. The molecule has 10 heavy (non-hydrogen) atoms. The molecule has 0 heterocycles. The van der Waals surface area contributed by atoms with E-state index in [9.17, 15) is 4.79 Å². The summed E-state index contributed by atoms with van der Waals surface area (Å²) in [7, 11) is 0. The fourth-order valence-corrected chi connectivity index (χ4v) is 0.609. The molecule has 56 valence electrons. The van der Waals surface area contributed by atoms with Gasteiger partial charge in [-0.2, -0.15) is 0 Å². The van der Waals surface area contributed by atoms with Crippen LogP contribution >= 0.6 is 0 Å². The minimum atomic E-state index is -0.913. The van der Waals surface area contributed by atoms with Crippen molar-refractivity contribution in [1.29, 1.82) is 0 Å². The van der Waals surface area contributed by atoms with Gasteiger partial charge in [-0.25, -0.2) is 0 Å². The predicted octanol–water partition coefficient (Wildman–Crippen LogP) is -2.44. The second kappa shape index (κ2) is 6.16. The first-order chi connectivity index (χ1) is 4.04. The van der Waals surface area contributed by atoms with E-state index in [1.807, 2.05) is 13.8 Å². The van der Waals surface area contributed by atoms with Gasteiger partial charge < -0.3 is 12.3 Å². The van der Waals surface area contributed by atoms with Crippen LogP contribution in [0.15, 0.2) is 0 Å². The molecule has 0 bridgehead atoms. The van der Waals surface area contributed by atoms with Gasteiger partial charge in [0, 0.05) is 0 Å². The first-order valence-corrected chi connectivity index (χ1v) is 3.02. The molecule has 0 saturated heterocycles. The standard InChI is InChI=1S/C6H13NO2.Na.H/c1-4(2)3-5(7)6(8)9;;/h4-5H,3,7H2,1-2H3,(H,8,9);;/q;+1;-1/t5-;;/m0../s1. The van der Waals surface area contributed by atoms with Crippen molar-refractivity contribution in [2.75, 3.05) is 0 Å². The van der Waals surface area contributed by atoms with E-state index in [0.29, 0.717) is 12.3 Å². The molecule has 0 unspecified atom stereocenters. The fraction of sp³-hybridized carbons (Fsp3) is 0.833. The zero-order valence-electron chi connectivity index (χ0n) is 7.79. The van der Waals surface area contributed by atoms with Gasteiger partial charge in [-0.3, -0.25) is 4.79 Å². The van der Waals surface area contributed by atoms with Crippen molar-refractivity contribution < 1.29 is 40.9 Å². The van der Waals surface area contributed by atoms with Gasteiger partial charge >= 0.3 is 35.5 Å². The van der Waals surface area contributed by atoms with E-state index < -0.39 is 12.0 Å². The molecular formula is C6H14NNaO2. The fourth-order valence-electron chi connectivity index (χ4n) is 0.609. The normalized spacial score (nSPS) is 12.4. The number of carboxylic acids is 1. The van der Waals surface area contributed by atoms with Crippen LogP contribution < -0.4 is 35.3 Å². The molecule has 0 amide bonds. The molecule has 0 aromatic rings. The number of nitrogens with two attached hydrogens (primary N) is 1. The third-order valence-corrected chi connectivity index (χ3v) is 1.04. The Morgan fingerprint density at radius 1 is 1.70 bits per heavy atom. The van der Waals surface area contributed by atoms with E-state index in [0.717, 1.165) is 0 Å². The van der Waals surface area contributed by atoms with E-state index >= 15 is 0 Å². The van der Waals surface area contributed by atoms with Crippen molar-refractivity contribution >= 4 is 5.97 Å². The zero-order valence-corrected chi connectivity index (χ0v) is 8.79. The van der Waals surface area contributed by atoms with E-state index in [1.54, 1.807) is 0 Å². The van der Waals surface area contributed by atoms with Crippen LogP contribution in [-0.4, -0.2) is 17.1 Å². The molecule has 0 aliphatic heterocycles. The second-order valence-corrected chi connectivity index (χ2v) is 2.57. The number of carbonyl (C=O) groups is 1. The summed E-state index contributed by atoms with van der Waals surface area (Å²) in [6, 6.07) is -0.690. The molecule has 0 saturated carbocycles. The van der Waals surface area contributed by atoms with Crippen LogP contribution in [0, 0.1) is 5.92 Å². The molecule has 0 aliphatic carbocycles. The molecule has 4 heteroatoms. The molecule has 3 N–H and O–H groups in total. The smallest absolute Gasteiger partial charge is 1.00 e. The van der Waals surface area contributed by atoms with Crippen LogP contribution in [0.1, 0.15) is 21.7 Å². The molecular weight excluding hydrogens is 141 g/mol. The van der Waals surface area contributed by atoms with Crippen molar-refractivity contribution in [2.45, 2.75) is 26.3 Å². The maximum absolute atomic E-state index is 10.1. The Bertz CT molecular complexity index is 111.